The van der Waals surface area contributed by atoms with Crippen molar-refractivity contribution in [2.75, 3.05) is 12.8 Å². The number of anilines is 1. The summed E-state index contributed by atoms with van der Waals surface area (Å²) in [6, 6.07) is 11.2. The van der Waals surface area contributed by atoms with Gasteiger partial charge in [-0.1, -0.05) is 22.0 Å². The molecule has 19 heavy (non-hydrogen) atoms. The van der Waals surface area contributed by atoms with Crippen LogP contribution in [0, 0.1) is 0 Å². The Morgan fingerprint density at radius 2 is 2.11 bits per heavy atom. The Kier molecular flexibility index (Phi) is 2.91. The van der Waals surface area contributed by atoms with Crippen LogP contribution in [0.15, 0.2) is 45.3 Å². The van der Waals surface area contributed by atoms with E-state index in [-0.39, 0.29) is 0 Å². The number of aromatic nitrogens is 1. The minimum atomic E-state index is 0.490. The van der Waals surface area contributed by atoms with Gasteiger partial charge in [0.15, 0.2) is 11.1 Å². The van der Waals surface area contributed by atoms with Crippen molar-refractivity contribution in [1.29, 1.82) is 0 Å². The zero-order valence-corrected chi connectivity index (χ0v) is 11.8. The lowest BCUT2D eigenvalue weighted by Crippen LogP contribution is -1.90. The van der Waals surface area contributed by atoms with Crippen LogP contribution in [0.5, 0.6) is 5.75 Å². The van der Waals surface area contributed by atoms with Crippen LogP contribution in [0.2, 0.25) is 0 Å². The topological polar surface area (TPSA) is 61.3 Å². The fraction of sp³-hybridized carbons (Fsp3) is 0.0714. The summed E-state index contributed by atoms with van der Waals surface area (Å²) >= 11 is 3.38. The largest absolute Gasteiger partial charge is 0.494 e. The van der Waals surface area contributed by atoms with E-state index in [2.05, 4.69) is 20.9 Å². The molecular formula is C14H11BrN2O2. The quantitative estimate of drug-likeness (QED) is 0.729. The maximum atomic E-state index is 5.98. The van der Waals surface area contributed by atoms with Gasteiger partial charge in [0.2, 0.25) is 5.89 Å². The first-order valence-corrected chi connectivity index (χ1v) is 6.47. The van der Waals surface area contributed by atoms with E-state index in [1.807, 2.05) is 36.4 Å². The molecule has 0 aliphatic carbocycles. The Morgan fingerprint density at radius 1 is 1.26 bits per heavy atom. The molecule has 1 heterocycles. The van der Waals surface area contributed by atoms with Gasteiger partial charge in [0, 0.05) is 10.2 Å². The van der Waals surface area contributed by atoms with Gasteiger partial charge in [0.05, 0.1) is 12.7 Å². The number of hydrogen-bond acceptors (Lipinski definition) is 4. The highest BCUT2D eigenvalue weighted by Crippen LogP contribution is 2.33. The average molecular weight is 319 g/mol. The summed E-state index contributed by atoms with van der Waals surface area (Å²) in [5.74, 6) is 1.17. The fourth-order valence-electron chi connectivity index (χ4n) is 1.93. The lowest BCUT2D eigenvalue weighted by atomic mass is 10.2. The highest BCUT2D eigenvalue weighted by atomic mass is 79.9. The van der Waals surface area contributed by atoms with Gasteiger partial charge in [-0.3, -0.25) is 0 Å². The molecule has 0 radical (unpaired) electrons. The van der Waals surface area contributed by atoms with E-state index < -0.39 is 0 Å². The number of fused-ring (bicyclic) bond motifs is 1. The monoisotopic (exact) mass is 318 g/mol. The maximum Gasteiger partial charge on any atom is 0.229 e. The van der Waals surface area contributed by atoms with Gasteiger partial charge in [-0.25, -0.2) is 4.98 Å². The Bertz CT molecular complexity index is 752. The first-order valence-electron chi connectivity index (χ1n) is 5.68. The van der Waals surface area contributed by atoms with Crippen LogP contribution in [-0.2, 0) is 0 Å². The molecule has 96 valence electrons. The lowest BCUT2D eigenvalue weighted by molar-refractivity contribution is 0.419. The van der Waals surface area contributed by atoms with Crippen molar-refractivity contribution >= 4 is 32.7 Å². The first kappa shape index (κ1) is 12.0. The summed E-state index contributed by atoms with van der Waals surface area (Å²) in [6.45, 7) is 0. The number of hydrogen-bond donors (Lipinski definition) is 1. The van der Waals surface area contributed by atoms with Gasteiger partial charge in [0.25, 0.3) is 0 Å². The third-order valence-corrected chi connectivity index (χ3v) is 3.34. The highest BCUT2D eigenvalue weighted by Gasteiger charge is 2.13. The Labute approximate surface area is 118 Å². The van der Waals surface area contributed by atoms with Crippen LogP contribution in [-0.4, -0.2) is 12.1 Å². The minimum Gasteiger partial charge on any atom is -0.494 e. The lowest BCUT2D eigenvalue weighted by Gasteiger charge is -2.01. The van der Waals surface area contributed by atoms with Crippen molar-refractivity contribution in [2.45, 2.75) is 0 Å². The zero-order chi connectivity index (χ0) is 13.4. The second-order valence-corrected chi connectivity index (χ2v) is 4.97. The second-order valence-electron chi connectivity index (χ2n) is 4.06. The third kappa shape index (κ3) is 2.06. The second kappa shape index (κ2) is 4.59. The number of para-hydroxylation sites is 1. The molecule has 0 saturated carbocycles. The predicted molar refractivity (Wildman–Crippen MR) is 78.1 cm³/mol. The van der Waals surface area contributed by atoms with Crippen LogP contribution in [0.25, 0.3) is 22.6 Å². The fourth-order valence-corrected chi connectivity index (χ4v) is 2.31. The number of methoxy groups -OCH3 is 1. The van der Waals surface area contributed by atoms with E-state index in [1.54, 1.807) is 7.11 Å². The summed E-state index contributed by atoms with van der Waals surface area (Å²) in [4.78, 5) is 4.46. The molecule has 0 atom stereocenters. The van der Waals surface area contributed by atoms with E-state index >= 15 is 0 Å². The molecule has 2 aromatic carbocycles. The number of ether oxygens (including phenoxy) is 1. The molecule has 0 bridgehead atoms. The SMILES string of the molecule is COc1cccc2oc(-c3ccc(Br)cc3N)nc12. The van der Waals surface area contributed by atoms with Crippen molar-refractivity contribution in [2.24, 2.45) is 0 Å². The third-order valence-electron chi connectivity index (χ3n) is 2.85. The first-order chi connectivity index (χ1) is 9.19. The van der Waals surface area contributed by atoms with Gasteiger partial charge in [-0.2, -0.15) is 0 Å². The van der Waals surface area contributed by atoms with Gasteiger partial charge < -0.3 is 14.9 Å². The Hall–Kier alpha value is -2.01. The van der Waals surface area contributed by atoms with Crippen molar-refractivity contribution in [3.8, 4) is 17.2 Å². The van der Waals surface area contributed by atoms with Crippen LogP contribution in [0.3, 0.4) is 0 Å². The van der Waals surface area contributed by atoms with E-state index in [4.69, 9.17) is 14.9 Å². The number of oxazole rings is 1. The van der Waals surface area contributed by atoms with E-state index in [1.165, 1.54) is 0 Å². The molecule has 0 aliphatic heterocycles. The van der Waals surface area contributed by atoms with Crippen LogP contribution >= 0.6 is 15.9 Å². The molecule has 1 aromatic heterocycles. The Balaban J connectivity index is 2.20. The molecule has 2 N–H and O–H groups in total. The normalized spacial score (nSPS) is 10.8. The summed E-state index contributed by atoms with van der Waals surface area (Å²) in [6.07, 6.45) is 0. The number of nitrogen functional groups attached to an aromatic ring is 1. The molecule has 0 spiro atoms. The number of benzene rings is 2. The predicted octanol–water partition coefficient (Wildman–Crippen LogP) is 3.85. The molecular weight excluding hydrogens is 308 g/mol. The van der Waals surface area contributed by atoms with Gasteiger partial charge in [-0.15, -0.1) is 0 Å². The van der Waals surface area contributed by atoms with Gasteiger partial charge >= 0.3 is 0 Å². The molecule has 3 rings (SSSR count). The molecule has 0 saturated heterocycles. The molecule has 3 aromatic rings. The number of nitrogens with two attached hydrogens (primary N) is 1. The van der Waals surface area contributed by atoms with Crippen molar-refractivity contribution in [3.05, 3.63) is 40.9 Å². The van der Waals surface area contributed by atoms with E-state index in [0.29, 0.717) is 28.4 Å². The van der Waals surface area contributed by atoms with Crippen LogP contribution in [0.1, 0.15) is 0 Å². The van der Waals surface area contributed by atoms with Crippen molar-refractivity contribution in [1.82, 2.24) is 4.98 Å². The smallest absolute Gasteiger partial charge is 0.229 e. The number of rotatable bonds is 2. The summed E-state index contributed by atoms with van der Waals surface area (Å²) in [5, 5.41) is 0. The number of nitrogens with zero attached hydrogens (tertiary/aromatic N) is 1. The summed E-state index contributed by atoms with van der Waals surface area (Å²) in [5.41, 5.74) is 8.73. The van der Waals surface area contributed by atoms with Crippen LogP contribution < -0.4 is 10.5 Å². The van der Waals surface area contributed by atoms with Gasteiger partial charge in [0.1, 0.15) is 5.75 Å². The van der Waals surface area contributed by atoms with Crippen molar-refractivity contribution in [3.63, 3.8) is 0 Å². The molecule has 0 amide bonds. The molecule has 0 unspecified atom stereocenters. The molecule has 0 fully saturated rings. The summed E-state index contributed by atoms with van der Waals surface area (Å²) < 4.78 is 11.9. The summed E-state index contributed by atoms with van der Waals surface area (Å²) in [7, 11) is 1.61. The standard InChI is InChI=1S/C14H11BrN2O2/c1-18-11-3-2-4-12-13(11)17-14(19-12)9-6-5-8(15)7-10(9)16/h2-7H,16H2,1H3. The Morgan fingerprint density at radius 3 is 2.84 bits per heavy atom. The average Bonchev–Trinajstić information content (AvgIpc) is 2.81. The van der Waals surface area contributed by atoms with Crippen molar-refractivity contribution < 1.29 is 9.15 Å². The van der Waals surface area contributed by atoms with Crippen LogP contribution in [0.4, 0.5) is 5.69 Å². The van der Waals surface area contributed by atoms with E-state index in [9.17, 15) is 0 Å². The zero-order valence-electron chi connectivity index (χ0n) is 10.2. The highest BCUT2D eigenvalue weighted by molar-refractivity contribution is 9.10. The molecule has 0 aliphatic rings. The minimum absolute atomic E-state index is 0.490. The number of halogens is 1. The van der Waals surface area contributed by atoms with Gasteiger partial charge in [-0.05, 0) is 30.3 Å². The van der Waals surface area contributed by atoms with E-state index in [0.717, 1.165) is 10.0 Å². The molecule has 4 nitrogen and oxygen atoms in total. The maximum absolute atomic E-state index is 5.98. The molecule has 5 heteroatoms.